The van der Waals surface area contributed by atoms with Crippen molar-refractivity contribution >= 4 is 34.2 Å². The summed E-state index contributed by atoms with van der Waals surface area (Å²) in [5.74, 6) is -0.446. The van der Waals surface area contributed by atoms with Gasteiger partial charge in [0.1, 0.15) is 11.4 Å². The molecule has 0 spiro atoms. The van der Waals surface area contributed by atoms with Crippen molar-refractivity contribution in [3.63, 3.8) is 0 Å². The van der Waals surface area contributed by atoms with Crippen LogP contribution in [0.3, 0.4) is 0 Å². The Morgan fingerprint density at radius 2 is 1.96 bits per heavy atom. The number of carboxylic acid groups (broad SMARTS) is 1. The minimum atomic E-state index is -1.07. The molecule has 8 heteroatoms. The summed E-state index contributed by atoms with van der Waals surface area (Å²) in [5.41, 5.74) is 0.822. The molecule has 122 valence electrons. The summed E-state index contributed by atoms with van der Waals surface area (Å²) in [4.78, 5) is 19.6. The van der Waals surface area contributed by atoms with E-state index in [0.29, 0.717) is 18.3 Å². The predicted octanol–water partition coefficient (Wildman–Crippen LogP) is 2.68. The van der Waals surface area contributed by atoms with Crippen LogP contribution >= 0.6 is 0 Å². The highest BCUT2D eigenvalue weighted by Crippen LogP contribution is 2.21. The van der Waals surface area contributed by atoms with Gasteiger partial charge >= 0.3 is 5.97 Å². The maximum absolute atomic E-state index is 11.2. The van der Waals surface area contributed by atoms with Gasteiger partial charge in [-0.2, -0.15) is 15.2 Å². The number of fused-ring (bicyclic) bond motifs is 1. The Hall–Kier alpha value is -3.29. The average Bonchev–Trinajstić information content (AvgIpc) is 2.59. The van der Waals surface area contributed by atoms with Crippen LogP contribution in [-0.2, 0) is 0 Å². The van der Waals surface area contributed by atoms with Gasteiger partial charge in [-0.1, -0.05) is 13.0 Å². The molecule has 3 rings (SSSR count). The van der Waals surface area contributed by atoms with E-state index in [2.05, 4.69) is 30.8 Å². The van der Waals surface area contributed by atoms with Crippen molar-refractivity contribution in [1.82, 2.24) is 20.2 Å². The molecule has 2 heterocycles. The lowest BCUT2D eigenvalue weighted by atomic mass is 10.2. The van der Waals surface area contributed by atoms with E-state index in [-0.39, 0.29) is 5.56 Å². The molecule has 0 radical (unpaired) electrons. The second kappa shape index (κ2) is 6.86. The Morgan fingerprint density at radius 1 is 1.17 bits per heavy atom. The molecule has 3 aromatic rings. The van der Waals surface area contributed by atoms with Crippen molar-refractivity contribution in [2.45, 2.75) is 13.3 Å². The Morgan fingerprint density at radius 3 is 2.71 bits per heavy atom. The summed E-state index contributed by atoms with van der Waals surface area (Å²) in [6, 6.07) is 5.68. The lowest BCUT2D eigenvalue weighted by Gasteiger charge is -2.10. The first-order chi connectivity index (χ1) is 11.7. The SMILES string of the molecule is CCCNc1nc(Nc2ccc3cnncc3c2)ncc1C(=O)O. The molecule has 3 N–H and O–H groups in total. The minimum absolute atomic E-state index is 0.0442. The maximum atomic E-state index is 11.2. The number of aromatic nitrogens is 4. The van der Waals surface area contributed by atoms with Crippen LogP contribution in [0.1, 0.15) is 23.7 Å². The number of benzene rings is 1. The third-order valence-corrected chi connectivity index (χ3v) is 3.36. The highest BCUT2D eigenvalue weighted by atomic mass is 16.4. The van der Waals surface area contributed by atoms with Gasteiger partial charge in [0.15, 0.2) is 0 Å². The normalized spacial score (nSPS) is 10.5. The number of rotatable bonds is 6. The summed E-state index contributed by atoms with van der Waals surface area (Å²) in [6.45, 7) is 2.62. The number of nitrogens with zero attached hydrogens (tertiary/aromatic N) is 4. The quantitative estimate of drug-likeness (QED) is 0.634. The molecular weight excluding hydrogens is 308 g/mol. The van der Waals surface area contributed by atoms with Crippen LogP contribution in [0.25, 0.3) is 10.8 Å². The smallest absolute Gasteiger partial charge is 0.341 e. The van der Waals surface area contributed by atoms with Crippen LogP contribution in [-0.4, -0.2) is 37.8 Å². The fraction of sp³-hybridized carbons (Fsp3) is 0.188. The standard InChI is InChI=1S/C16H16N6O2/c1-2-5-17-14-13(15(23)24)9-18-16(22-14)21-12-4-3-10-7-19-20-8-11(10)6-12/h3-4,6-9H,2,5H2,1H3,(H,23,24)(H2,17,18,21,22). The van der Waals surface area contributed by atoms with Gasteiger partial charge in [-0.25, -0.2) is 9.78 Å². The lowest BCUT2D eigenvalue weighted by molar-refractivity contribution is 0.0697. The molecular formula is C16H16N6O2. The number of carboxylic acids is 1. The van der Waals surface area contributed by atoms with Crippen LogP contribution in [0.15, 0.2) is 36.8 Å². The van der Waals surface area contributed by atoms with E-state index < -0.39 is 5.97 Å². The van der Waals surface area contributed by atoms with Crippen LogP contribution in [0.2, 0.25) is 0 Å². The number of hydrogen-bond donors (Lipinski definition) is 3. The highest BCUT2D eigenvalue weighted by molar-refractivity contribution is 5.93. The first-order valence-corrected chi connectivity index (χ1v) is 7.49. The van der Waals surface area contributed by atoms with Crippen molar-refractivity contribution in [3.05, 3.63) is 42.4 Å². The Bertz CT molecular complexity index is 883. The molecule has 0 amide bonds. The van der Waals surface area contributed by atoms with Crippen molar-refractivity contribution < 1.29 is 9.90 Å². The fourth-order valence-electron chi connectivity index (χ4n) is 2.18. The molecule has 8 nitrogen and oxygen atoms in total. The molecule has 1 aromatic carbocycles. The zero-order valence-corrected chi connectivity index (χ0v) is 13.0. The first kappa shape index (κ1) is 15.6. The lowest BCUT2D eigenvalue weighted by Crippen LogP contribution is -2.11. The van der Waals surface area contributed by atoms with E-state index in [1.807, 2.05) is 25.1 Å². The van der Waals surface area contributed by atoms with E-state index in [4.69, 9.17) is 0 Å². The van der Waals surface area contributed by atoms with E-state index in [9.17, 15) is 9.90 Å². The van der Waals surface area contributed by atoms with Crippen molar-refractivity contribution in [1.29, 1.82) is 0 Å². The van der Waals surface area contributed by atoms with Crippen LogP contribution < -0.4 is 10.6 Å². The van der Waals surface area contributed by atoms with Gasteiger partial charge in [0.2, 0.25) is 5.95 Å². The third-order valence-electron chi connectivity index (χ3n) is 3.36. The molecule has 0 bridgehead atoms. The zero-order chi connectivity index (χ0) is 16.9. The van der Waals surface area contributed by atoms with E-state index in [1.165, 1.54) is 6.20 Å². The van der Waals surface area contributed by atoms with Gasteiger partial charge < -0.3 is 15.7 Å². The molecule has 0 unspecified atom stereocenters. The molecule has 0 aliphatic carbocycles. The summed E-state index contributed by atoms with van der Waals surface area (Å²) in [6.07, 6.45) is 5.51. The van der Waals surface area contributed by atoms with Crippen molar-refractivity contribution in [2.24, 2.45) is 0 Å². The van der Waals surface area contributed by atoms with Crippen LogP contribution in [0.4, 0.5) is 17.5 Å². The molecule has 24 heavy (non-hydrogen) atoms. The van der Waals surface area contributed by atoms with E-state index >= 15 is 0 Å². The van der Waals surface area contributed by atoms with Crippen LogP contribution in [0, 0.1) is 0 Å². The highest BCUT2D eigenvalue weighted by Gasteiger charge is 2.13. The molecule has 0 saturated heterocycles. The first-order valence-electron chi connectivity index (χ1n) is 7.49. The fourth-order valence-corrected chi connectivity index (χ4v) is 2.18. The average molecular weight is 324 g/mol. The van der Waals surface area contributed by atoms with E-state index in [1.54, 1.807) is 12.4 Å². The second-order valence-electron chi connectivity index (χ2n) is 5.15. The van der Waals surface area contributed by atoms with Crippen molar-refractivity contribution in [3.8, 4) is 0 Å². The molecule has 2 aromatic heterocycles. The third kappa shape index (κ3) is 3.37. The van der Waals surface area contributed by atoms with Gasteiger partial charge in [-0.15, -0.1) is 0 Å². The number of anilines is 3. The molecule has 0 atom stereocenters. The van der Waals surface area contributed by atoms with Crippen LogP contribution in [0.5, 0.6) is 0 Å². The van der Waals surface area contributed by atoms with Gasteiger partial charge in [-0.05, 0) is 18.6 Å². The number of carbonyl (C=O) groups is 1. The molecule has 0 saturated carbocycles. The summed E-state index contributed by atoms with van der Waals surface area (Å²) in [5, 5.41) is 24.9. The minimum Gasteiger partial charge on any atom is -0.477 e. The molecule has 0 fully saturated rings. The number of nitrogens with one attached hydrogen (secondary N) is 2. The Balaban J connectivity index is 1.89. The van der Waals surface area contributed by atoms with Gasteiger partial charge in [-0.3, -0.25) is 0 Å². The number of hydrogen-bond acceptors (Lipinski definition) is 7. The maximum Gasteiger partial charge on any atom is 0.341 e. The Kier molecular flexibility index (Phi) is 4.46. The monoisotopic (exact) mass is 324 g/mol. The van der Waals surface area contributed by atoms with Gasteiger partial charge in [0.05, 0.1) is 12.4 Å². The molecule has 0 aliphatic heterocycles. The predicted molar refractivity (Wildman–Crippen MR) is 90.6 cm³/mol. The topological polar surface area (TPSA) is 113 Å². The zero-order valence-electron chi connectivity index (χ0n) is 13.0. The van der Waals surface area contributed by atoms with Crippen molar-refractivity contribution in [2.75, 3.05) is 17.2 Å². The largest absolute Gasteiger partial charge is 0.477 e. The summed E-state index contributed by atoms with van der Waals surface area (Å²) < 4.78 is 0. The second-order valence-corrected chi connectivity index (χ2v) is 5.15. The van der Waals surface area contributed by atoms with E-state index in [0.717, 1.165) is 22.9 Å². The Labute approximate surface area is 138 Å². The summed E-state index contributed by atoms with van der Waals surface area (Å²) >= 11 is 0. The summed E-state index contributed by atoms with van der Waals surface area (Å²) in [7, 11) is 0. The van der Waals surface area contributed by atoms with Gasteiger partial charge in [0.25, 0.3) is 0 Å². The van der Waals surface area contributed by atoms with Gasteiger partial charge in [0, 0.05) is 29.2 Å². The molecule has 0 aliphatic rings. The number of aromatic carboxylic acids is 1.